The van der Waals surface area contributed by atoms with Crippen molar-refractivity contribution in [1.82, 2.24) is 9.29 Å². The van der Waals surface area contributed by atoms with Crippen LogP contribution in [-0.2, 0) is 10.0 Å². The highest BCUT2D eigenvalue weighted by molar-refractivity contribution is 7.89. The van der Waals surface area contributed by atoms with E-state index in [0.29, 0.717) is 18.7 Å². The van der Waals surface area contributed by atoms with E-state index in [1.54, 1.807) is 6.92 Å². The van der Waals surface area contributed by atoms with Gasteiger partial charge in [0, 0.05) is 23.8 Å². The van der Waals surface area contributed by atoms with E-state index < -0.39 is 16.0 Å². The molecule has 0 spiro atoms. The van der Waals surface area contributed by atoms with E-state index >= 15 is 0 Å². The molecule has 20 heavy (non-hydrogen) atoms. The van der Waals surface area contributed by atoms with E-state index in [-0.39, 0.29) is 22.2 Å². The van der Waals surface area contributed by atoms with E-state index in [0.717, 1.165) is 0 Å². The van der Waals surface area contributed by atoms with E-state index in [1.165, 1.54) is 11.2 Å². The quantitative estimate of drug-likeness (QED) is 0.842. The Morgan fingerprint density at radius 1 is 1.35 bits per heavy atom. The van der Waals surface area contributed by atoms with Gasteiger partial charge < -0.3 is 10.1 Å². The number of rotatable bonds is 6. The zero-order valence-corrected chi connectivity index (χ0v) is 13.3. The molecule has 0 amide bonds. The van der Waals surface area contributed by atoms with Gasteiger partial charge in [0.2, 0.25) is 10.0 Å². The summed E-state index contributed by atoms with van der Waals surface area (Å²) in [4.78, 5) is 13.8. The largest absolute Gasteiger partial charge is 0.477 e. The van der Waals surface area contributed by atoms with E-state index in [4.69, 9.17) is 5.11 Å². The standard InChI is InChI=1S/C13H22N2O4S/c1-6-7-15(8(2)3)20(18,19)12-9(4)11(13(16)17)14-10(12)5/h8,14H,6-7H2,1-5H3,(H,16,17). The Hall–Kier alpha value is -1.34. The van der Waals surface area contributed by atoms with Crippen LogP contribution >= 0.6 is 0 Å². The summed E-state index contributed by atoms with van der Waals surface area (Å²) in [6.45, 7) is 9.03. The topological polar surface area (TPSA) is 90.5 Å². The van der Waals surface area contributed by atoms with Crippen molar-refractivity contribution in [3.05, 3.63) is 17.0 Å². The molecule has 0 saturated heterocycles. The molecule has 7 heteroatoms. The van der Waals surface area contributed by atoms with Crippen LogP contribution in [0, 0.1) is 13.8 Å². The lowest BCUT2D eigenvalue weighted by molar-refractivity contribution is 0.0690. The molecule has 0 aliphatic carbocycles. The Morgan fingerprint density at radius 2 is 1.90 bits per heavy atom. The van der Waals surface area contributed by atoms with Crippen LogP contribution in [0.4, 0.5) is 0 Å². The highest BCUT2D eigenvalue weighted by atomic mass is 32.2. The molecule has 1 aromatic heterocycles. The predicted octanol–water partition coefficient (Wildman–Crippen LogP) is 2.14. The van der Waals surface area contributed by atoms with Gasteiger partial charge >= 0.3 is 5.97 Å². The van der Waals surface area contributed by atoms with E-state index in [9.17, 15) is 13.2 Å². The van der Waals surface area contributed by atoms with Gasteiger partial charge in [0.25, 0.3) is 0 Å². The minimum Gasteiger partial charge on any atom is -0.477 e. The summed E-state index contributed by atoms with van der Waals surface area (Å²) in [5.41, 5.74) is 0.555. The lowest BCUT2D eigenvalue weighted by Crippen LogP contribution is -2.37. The number of H-pyrrole nitrogens is 1. The van der Waals surface area contributed by atoms with Crippen molar-refractivity contribution in [2.24, 2.45) is 0 Å². The minimum absolute atomic E-state index is 0.0683. The maximum atomic E-state index is 12.8. The normalized spacial score (nSPS) is 12.3. The van der Waals surface area contributed by atoms with Gasteiger partial charge in [-0.15, -0.1) is 0 Å². The monoisotopic (exact) mass is 302 g/mol. The molecule has 1 aromatic rings. The van der Waals surface area contributed by atoms with Crippen LogP contribution < -0.4 is 0 Å². The average molecular weight is 302 g/mol. The second-order valence-corrected chi connectivity index (χ2v) is 6.92. The summed E-state index contributed by atoms with van der Waals surface area (Å²) < 4.78 is 26.9. The maximum Gasteiger partial charge on any atom is 0.352 e. The van der Waals surface area contributed by atoms with Crippen LogP contribution in [0.3, 0.4) is 0 Å². The summed E-state index contributed by atoms with van der Waals surface area (Å²) in [6.07, 6.45) is 0.700. The van der Waals surface area contributed by atoms with Crippen LogP contribution in [-0.4, -0.2) is 41.4 Å². The Labute approximate surface area is 119 Å². The molecule has 0 bridgehead atoms. The Morgan fingerprint density at radius 3 is 2.25 bits per heavy atom. The molecule has 0 saturated carbocycles. The third-order valence-corrected chi connectivity index (χ3v) is 5.52. The van der Waals surface area contributed by atoms with Crippen molar-refractivity contribution < 1.29 is 18.3 Å². The molecule has 0 atom stereocenters. The number of hydrogen-bond donors (Lipinski definition) is 2. The van der Waals surface area contributed by atoms with Gasteiger partial charge in [-0.3, -0.25) is 0 Å². The molecule has 0 aliphatic heterocycles. The average Bonchev–Trinajstić information content (AvgIpc) is 2.61. The number of nitrogens with zero attached hydrogens (tertiary/aromatic N) is 1. The first-order valence-electron chi connectivity index (χ1n) is 6.58. The van der Waals surface area contributed by atoms with Crippen molar-refractivity contribution in [2.45, 2.75) is 52.0 Å². The number of carbonyl (C=O) groups is 1. The van der Waals surface area contributed by atoms with Crippen molar-refractivity contribution in [1.29, 1.82) is 0 Å². The lowest BCUT2D eigenvalue weighted by atomic mass is 10.2. The maximum absolute atomic E-state index is 12.8. The van der Waals surface area contributed by atoms with Crippen molar-refractivity contribution >= 4 is 16.0 Å². The number of hydrogen-bond acceptors (Lipinski definition) is 3. The molecule has 0 radical (unpaired) electrons. The molecule has 1 rings (SSSR count). The van der Waals surface area contributed by atoms with Gasteiger partial charge in [-0.25, -0.2) is 13.2 Å². The zero-order chi connectivity index (χ0) is 15.7. The first kappa shape index (κ1) is 16.7. The van der Waals surface area contributed by atoms with Crippen LogP contribution in [0.5, 0.6) is 0 Å². The number of aromatic nitrogens is 1. The number of sulfonamides is 1. The van der Waals surface area contributed by atoms with Crippen LogP contribution in [0.25, 0.3) is 0 Å². The summed E-state index contributed by atoms with van der Waals surface area (Å²) in [5, 5.41) is 9.08. The number of carboxylic acid groups (broad SMARTS) is 1. The minimum atomic E-state index is -3.70. The fourth-order valence-corrected chi connectivity index (χ4v) is 4.47. The Balaban J connectivity index is 3.46. The predicted molar refractivity (Wildman–Crippen MR) is 76.5 cm³/mol. The Bertz CT molecular complexity index is 602. The molecule has 114 valence electrons. The Kier molecular flexibility index (Phi) is 4.99. The van der Waals surface area contributed by atoms with Crippen LogP contribution in [0.2, 0.25) is 0 Å². The molecule has 0 fully saturated rings. The SMILES string of the molecule is CCCN(C(C)C)S(=O)(=O)c1c(C)[nH]c(C(=O)O)c1C. The van der Waals surface area contributed by atoms with Crippen molar-refractivity contribution in [3.63, 3.8) is 0 Å². The zero-order valence-electron chi connectivity index (χ0n) is 12.5. The highest BCUT2D eigenvalue weighted by Crippen LogP contribution is 2.27. The molecular weight excluding hydrogens is 280 g/mol. The number of aromatic carboxylic acids is 1. The fraction of sp³-hybridized carbons (Fsp3) is 0.615. The second kappa shape index (κ2) is 5.97. The number of carboxylic acids is 1. The van der Waals surface area contributed by atoms with Gasteiger partial charge in [0.05, 0.1) is 0 Å². The number of aromatic amines is 1. The number of nitrogens with one attached hydrogen (secondary N) is 1. The third-order valence-electron chi connectivity index (χ3n) is 3.17. The van der Waals surface area contributed by atoms with Gasteiger partial charge in [-0.2, -0.15) is 4.31 Å². The van der Waals surface area contributed by atoms with Crippen molar-refractivity contribution in [2.75, 3.05) is 6.54 Å². The summed E-state index contributed by atoms with van der Waals surface area (Å²) in [7, 11) is -3.70. The molecule has 0 unspecified atom stereocenters. The lowest BCUT2D eigenvalue weighted by Gasteiger charge is -2.25. The summed E-state index contributed by atoms with van der Waals surface area (Å²) >= 11 is 0. The van der Waals surface area contributed by atoms with E-state index in [1.807, 2.05) is 20.8 Å². The van der Waals surface area contributed by atoms with Gasteiger partial charge in [0.1, 0.15) is 10.6 Å². The third kappa shape index (κ3) is 2.88. The molecule has 2 N–H and O–H groups in total. The molecule has 0 aliphatic rings. The number of aryl methyl sites for hydroxylation is 1. The van der Waals surface area contributed by atoms with Gasteiger partial charge in [0.15, 0.2) is 0 Å². The van der Waals surface area contributed by atoms with Crippen molar-refractivity contribution in [3.8, 4) is 0 Å². The van der Waals surface area contributed by atoms with E-state index in [2.05, 4.69) is 4.98 Å². The first-order valence-corrected chi connectivity index (χ1v) is 8.02. The summed E-state index contributed by atoms with van der Waals surface area (Å²) in [5.74, 6) is -1.15. The molecular formula is C13H22N2O4S. The molecule has 1 heterocycles. The van der Waals surface area contributed by atoms with Gasteiger partial charge in [-0.05, 0) is 34.1 Å². The smallest absolute Gasteiger partial charge is 0.352 e. The van der Waals surface area contributed by atoms with Crippen LogP contribution in [0.15, 0.2) is 4.90 Å². The van der Waals surface area contributed by atoms with Crippen LogP contribution in [0.1, 0.15) is 48.9 Å². The summed E-state index contributed by atoms with van der Waals surface area (Å²) in [6, 6.07) is -0.179. The molecule has 0 aromatic carbocycles. The van der Waals surface area contributed by atoms with Gasteiger partial charge in [-0.1, -0.05) is 6.92 Å². The molecule has 6 nitrogen and oxygen atoms in total. The highest BCUT2D eigenvalue weighted by Gasteiger charge is 2.32. The second-order valence-electron chi connectivity index (χ2n) is 5.09. The fourth-order valence-electron chi connectivity index (χ4n) is 2.33. The first-order chi connectivity index (χ1) is 9.14.